The van der Waals surface area contributed by atoms with Gasteiger partial charge in [0.15, 0.2) is 0 Å². The van der Waals surface area contributed by atoms with E-state index in [0.717, 1.165) is 4.47 Å². The third kappa shape index (κ3) is 4.76. The number of nitriles is 1. The maximum atomic E-state index is 11.6. The van der Waals surface area contributed by atoms with E-state index in [4.69, 9.17) is 5.26 Å². The molecule has 1 amide bonds. The Morgan fingerprint density at radius 1 is 1.44 bits per heavy atom. The monoisotopic (exact) mass is 309 g/mol. The minimum Gasteiger partial charge on any atom is -0.375 e. The van der Waals surface area contributed by atoms with Gasteiger partial charge in [0.25, 0.3) is 0 Å². The van der Waals surface area contributed by atoms with Gasteiger partial charge in [-0.05, 0) is 39.0 Å². The fourth-order valence-corrected chi connectivity index (χ4v) is 1.76. The molecule has 1 rings (SSSR count). The lowest BCUT2D eigenvalue weighted by atomic mass is 10.1. The van der Waals surface area contributed by atoms with Gasteiger partial charge in [-0.3, -0.25) is 4.79 Å². The maximum Gasteiger partial charge on any atom is 0.239 e. The summed E-state index contributed by atoms with van der Waals surface area (Å²) >= 11 is 3.30. The van der Waals surface area contributed by atoms with E-state index in [1.165, 1.54) is 0 Å². The second-order valence-corrected chi connectivity index (χ2v) is 5.87. The summed E-state index contributed by atoms with van der Waals surface area (Å²) in [6.45, 7) is 5.91. The summed E-state index contributed by atoms with van der Waals surface area (Å²) in [6.07, 6.45) is 0. The first-order valence-electron chi connectivity index (χ1n) is 5.56. The SMILES string of the molecule is CC(C)(C)NC(=O)CNc1ccc(Br)cc1C#N. The first kappa shape index (κ1) is 14.5. The largest absolute Gasteiger partial charge is 0.375 e. The van der Waals surface area contributed by atoms with Crippen LogP contribution in [0.15, 0.2) is 22.7 Å². The van der Waals surface area contributed by atoms with Gasteiger partial charge in [-0.2, -0.15) is 5.26 Å². The van der Waals surface area contributed by atoms with E-state index >= 15 is 0 Å². The van der Waals surface area contributed by atoms with Crippen molar-refractivity contribution >= 4 is 27.5 Å². The number of carbonyl (C=O) groups excluding carboxylic acids is 1. The van der Waals surface area contributed by atoms with E-state index in [0.29, 0.717) is 11.3 Å². The zero-order chi connectivity index (χ0) is 13.8. The summed E-state index contributed by atoms with van der Waals surface area (Å²) in [5.74, 6) is -0.102. The van der Waals surface area contributed by atoms with Gasteiger partial charge in [0, 0.05) is 10.0 Å². The molecule has 1 aromatic rings. The van der Waals surface area contributed by atoms with E-state index in [1.807, 2.05) is 26.8 Å². The molecule has 18 heavy (non-hydrogen) atoms. The normalized spacial score (nSPS) is 10.6. The first-order valence-corrected chi connectivity index (χ1v) is 6.35. The number of nitrogens with one attached hydrogen (secondary N) is 2. The van der Waals surface area contributed by atoms with Gasteiger partial charge in [0.05, 0.1) is 17.8 Å². The minimum atomic E-state index is -0.253. The van der Waals surface area contributed by atoms with Crippen molar-refractivity contribution in [3.05, 3.63) is 28.2 Å². The summed E-state index contributed by atoms with van der Waals surface area (Å²) in [5, 5.41) is 14.8. The predicted molar refractivity (Wildman–Crippen MR) is 75.2 cm³/mol. The molecule has 0 radical (unpaired) electrons. The standard InChI is InChI=1S/C13H16BrN3O/c1-13(2,3)17-12(18)8-16-11-5-4-10(14)6-9(11)7-15/h4-6,16H,8H2,1-3H3,(H,17,18). The highest BCUT2D eigenvalue weighted by Gasteiger charge is 2.13. The van der Waals surface area contributed by atoms with Crippen LogP contribution in [0.25, 0.3) is 0 Å². The first-order chi connectivity index (χ1) is 8.31. The van der Waals surface area contributed by atoms with Crippen molar-refractivity contribution in [1.82, 2.24) is 5.32 Å². The van der Waals surface area contributed by atoms with Crippen LogP contribution in [0.4, 0.5) is 5.69 Å². The molecule has 4 nitrogen and oxygen atoms in total. The third-order valence-corrected chi connectivity index (χ3v) is 2.55. The zero-order valence-corrected chi connectivity index (χ0v) is 12.3. The summed E-state index contributed by atoms with van der Waals surface area (Å²) in [4.78, 5) is 11.6. The molecule has 0 bridgehead atoms. The summed E-state index contributed by atoms with van der Waals surface area (Å²) in [5.41, 5.74) is 0.911. The highest BCUT2D eigenvalue weighted by Crippen LogP contribution is 2.19. The molecular weight excluding hydrogens is 294 g/mol. The number of amides is 1. The molecule has 0 heterocycles. The van der Waals surface area contributed by atoms with Crippen LogP contribution in [-0.4, -0.2) is 18.0 Å². The molecule has 1 aromatic carbocycles. The van der Waals surface area contributed by atoms with Crippen molar-refractivity contribution in [3.63, 3.8) is 0 Å². The van der Waals surface area contributed by atoms with E-state index in [-0.39, 0.29) is 18.0 Å². The molecular formula is C13H16BrN3O. The molecule has 5 heteroatoms. The summed E-state index contributed by atoms with van der Waals surface area (Å²) < 4.78 is 0.837. The van der Waals surface area contributed by atoms with Gasteiger partial charge in [-0.15, -0.1) is 0 Å². The van der Waals surface area contributed by atoms with Crippen LogP contribution in [0.5, 0.6) is 0 Å². The molecule has 96 valence electrons. The molecule has 0 aliphatic heterocycles. The van der Waals surface area contributed by atoms with Crippen LogP contribution in [0.2, 0.25) is 0 Å². The van der Waals surface area contributed by atoms with Crippen molar-refractivity contribution in [2.24, 2.45) is 0 Å². The smallest absolute Gasteiger partial charge is 0.239 e. The van der Waals surface area contributed by atoms with Crippen molar-refractivity contribution in [2.75, 3.05) is 11.9 Å². The Hall–Kier alpha value is -1.54. The Morgan fingerprint density at radius 3 is 2.67 bits per heavy atom. The van der Waals surface area contributed by atoms with Crippen molar-refractivity contribution in [2.45, 2.75) is 26.3 Å². The van der Waals surface area contributed by atoms with Crippen LogP contribution in [0, 0.1) is 11.3 Å². The molecule has 0 aliphatic rings. The predicted octanol–water partition coefficient (Wildman–Crippen LogP) is 2.65. The van der Waals surface area contributed by atoms with Crippen molar-refractivity contribution < 1.29 is 4.79 Å². The van der Waals surface area contributed by atoms with Crippen LogP contribution < -0.4 is 10.6 Å². The molecule has 0 unspecified atom stereocenters. The third-order valence-electron chi connectivity index (χ3n) is 2.06. The average molecular weight is 310 g/mol. The summed E-state index contributed by atoms with van der Waals surface area (Å²) in [7, 11) is 0. The Morgan fingerprint density at radius 2 is 2.11 bits per heavy atom. The topological polar surface area (TPSA) is 64.9 Å². The quantitative estimate of drug-likeness (QED) is 0.902. The van der Waals surface area contributed by atoms with Gasteiger partial charge >= 0.3 is 0 Å². The van der Waals surface area contributed by atoms with Crippen LogP contribution in [0.1, 0.15) is 26.3 Å². The van der Waals surface area contributed by atoms with Gasteiger partial charge in [-0.1, -0.05) is 15.9 Å². The molecule has 0 saturated heterocycles. The van der Waals surface area contributed by atoms with Crippen LogP contribution in [-0.2, 0) is 4.79 Å². The fourth-order valence-electron chi connectivity index (χ4n) is 1.40. The zero-order valence-electron chi connectivity index (χ0n) is 10.7. The highest BCUT2D eigenvalue weighted by atomic mass is 79.9. The highest BCUT2D eigenvalue weighted by molar-refractivity contribution is 9.10. The average Bonchev–Trinajstić information content (AvgIpc) is 2.24. The number of anilines is 1. The lowest BCUT2D eigenvalue weighted by Crippen LogP contribution is -2.43. The Labute approximate surface area is 116 Å². The number of hydrogen-bond donors (Lipinski definition) is 2. The lowest BCUT2D eigenvalue weighted by Gasteiger charge is -2.20. The van der Waals surface area contributed by atoms with E-state index in [2.05, 4.69) is 32.6 Å². The van der Waals surface area contributed by atoms with Gasteiger partial charge in [0.1, 0.15) is 6.07 Å². The molecule has 0 spiro atoms. The van der Waals surface area contributed by atoms with Crippen LogP contribution >= 0.6 is 15.9 Å². The second kappa shape index (κ2) is 5.87. The fraction of sp³-hybridized carbons (Fsp3) is 0.385. The maximum absolute atomic E-state index is 11.6. The molecule has 0 aromatic heterocycles. The number of benzene rings is 1. The number of carbonyl (C=O) groups is 1. The number of rotatable bonds is 3. The number of hydrogen-bond acceptors (Lipinski definition) is 3. The molecule has 2 N–H and O–H groups in total. The van der Waals surface area contributed by atoms with Crippen molar-refractivity contribution in [1.29, 1.82) is 5.26 Å². The summed E-state index contributed by atoms with van der Waals surface area (Å²) in [6, 6.07) is 7.39. The van der Waals surface area contributed by atoms with Gasteiger partial charge < -0.3 is 10.6 Å². The second-order valence-electron chi connectivity index (χ2n) is 4.95. The Bertz CT molecular complexity index is 486. The molecule has 0 fully saturated rings. The minimum absolute atomic E-state index is 0.102. The van der Waals surface area contributed by atoms with Gasteiger partial charge in [0.2, 0.25) is 5.91 Å². The van der Waals surface area contributed by atoms with E-state index < -0.39 is 0 Å². The number of nitrogens with zero attached hydrogens (tertiary/aromatic N) is 1. The van der Waals surface area contributed by atoms with E-state index in [9.17, 15) is 4.79 Å². The van der Waals surface area contributed by atoms with Crippen molar-refractivity contribution in [3.8, 4) is 6.07 Å². The van der Waals surface area contributed by atoms with E-state index in [1.54, 1.807) is 12.1 Å². The molecule has 0 atom stereocenters. The van der Waals surface area contributed by atoms with Crippen LogP contribution in [0.3, 0.4) is 0 Å². The number of halogens is 1. The Kier molecular flexibility index (Phi) is 4.74. The van der Waals surface area contributed by atoms with Gasteiger partial charge in [-0.25, -0.2) is 0 Å². The molecule has 0 saturated carbocycles. The molecule has 0 aliphatic carbocycles. The lowest BCUT2D eigenvalue weighted by molar-refractivity contribution is -0.120. The Balaban J connectivity index is 2.65.